The molecule has 0 spiro atoms. The summed E-state index contributed by atoms with van der Waals surface area (Å²) >= 11 is 0. The molecule has 0 unspecified atom stereocenters. The Hall–Kier alpha value is -2.37. The van der Waals surface area contributed by atoms with Gasteiger partial charge in [0.2, 0.25) is 12.0 Å². The Morgan fingerprint density at radius 3 is 2.61 bits per heavy atom. The molecule has 0 saturated heterocycles. The van der Waals surface area contributed by atoms with Crippen LogP contribution in [0.5, 0.6) is 0 Å². The molecule has 1 heterocycles. The minimum atomic E-state index is -0.678. The molecule has 6 nitrogen and oxygen atoms in total. The Labute approximate surface area is 135 Å². The number of hydrogen-bond donors (Lipinski definition) is 2. The minimum Gasteiger partial charge on any atom is -0.382 e. The second kappa shape index (κ2) is 6.40. The maximum Gasteiger partial charge on any atom is 0.264 e. The van der Waals surface area contributed by atoms with E-state index in [9.17, 15) is 9.59 Å². The number of nitrogens with zero attached hydrogens (tertiary/aromatic N) is 1. The molecule has 2 N–H and O–H groups in total. The van der Waals surface area contributed by atoms with Crippen molar-refractivity contribution in [3.8, 4) is 0 Å². The number of rotatable bonds is 5. The molecule has 0 aromatic heterocycles. The van der Waals surface area contributed by atoms with Crippen LogP contribution in [0, 0.1) is 6.92 Å². The first-order valence-corrected chi connectivity index (χ1v) is 7.93. The predicted molar refractivity (Wildman–Crippen MR) is 86.0 cm³/mol. The van der Waals surface area contributed by atoms with Gasteiger partial charge in [0, 0.05) is 12.5 Å². The lowest BCUT2D eigenvalue weighted by molar-refractivity contribution is -0.135. The van der Waals surface area contributed by atoms with Gasteiger partial charge in [-0.3, -0.25) is 9.59 Å². The minimum absolute atomic E-state index is 0.154. The van der Waals surface area contributed by atoms with Crippen LogP contribution in [0.3, 0.4) is 0 Å². The average Bonchev–Trinajstić information content (AvgIpc) is 3.20. The molecule has 2 amide bonds. The molecule has 2 atom stereocenters. The molecule has 1 aromatic carbocycles. The number of benzene rings is 1. The van der Waals surface area contributed by atoms with Crippen molar-refractivity contribution in [1.82, 2.24) is 10.6 Å². The fourth-order valence-corrected chi connectivity index (χ4v) is 2.36. The van der Waals surface area contributed by atoms with E-state index in [4.69, 9.17) is 4.84 Å². The maximum atomic E-state index is 12.2. The molecular weight excluding hydrogens is 294 g/mol. The van der Waals surface area contributed by atoms with Gasteiger partial charge in [0.05, 0.1) is 5.71 Å². The second-order valence-corrected chi connectivity index (χ2v) is 6.22. The Morgan fingerprint density at radius 2 is 1.96 bits per heavy atom. The molecule has 0 radical (unpaired) electrons. The summed E-state index contributed by atoms with van der Waals surface area (Å²) in [6, 6.07) is 7.62. The van der Waals surface area contributed by atoms with E-state index >= 15 is 0 Å². The fourth-order valence-electron chi connectivity index (χ4n) is 2.36. The Morgan fingerprint density at radius 1 is 1.26 bits per heavy atom. The van der Waals surface area contributed by atoms with E-state index in [0.29, 0.717) is 6.42 Å². The van der Waals surface area contributed by atoms with Crippen molar-refractivity contribution in [3.05, 3.63) is 35.4 Å². The highest BCUT2D eigenvalue weighted by molar-refractivity contribution is 6.04. The molecule has 1 aliphatic carbocycles. The van der Waals surface area contributed by atoms with Gasteiger partial charge < -0.3 is 15.5 Å². The third kappa shape index (κ3) is 3.88. The van der Waals surface area contributed by atoms with E-state index in [2.05, 4.69) is 15.8 Å². The summed E-state index contributed by atoms with van der Waals surface area (Å²) in [5, 5.41) is 9.56. The lowest BCUT2D eigenvalue weighted by Gasteiger charge is -2.15. The first kappa shape index (κ1) is 15.5. The summed E-state index contributed by atoms with van der Waals surface area (Å²) in [5.74, 6) is -0.465. The molecular formula is C17H21N3O3. The van der Waals surface area contributed by atoms with Crippen molar-refractivity contribution in [2.24, 2.45) is 5.16 Å². The number of nitrogens with one attached hydrogen (secondary N) is 2. The zero-order chi connectivity index (χ0) is 16.4. The standard InChI is InChI=1S/C17H21N3O3/c1-10-3-5-12(6-4-10)14-9-15(23-20-14)17(22)18-11(2)16(21)19-13-7-8-13/h3-6,11,13,15H,7-9H2,1-2H3,(H,18,22)(H,19,21)/t11-,15-/m1/s1. The van der Waals surface area contributed by atoms with Crippen LogP contribution < -0.4 is 10.6 Å². The molecule has 3 rings (SSSR count). The predicted octanol–water partition coefficient (Wildman–Crippen LogP) is 1.27. The quantitative estimate of drug-likeness (QED) is 0.859. The Balaban J connectivity index is 1.51. The van der Waals surface area contributed by atoms with Gasteiger partial charge in [0.1, 0.15) is 6.04 Å². The summed E-state index contributed by atoms with van der Waals surface area (Å²) in [5.41, 5.74) is 2.86. The van der Waals surface area contributed by atoms with Crippen molar-refractivity contribution < 1.29 is 14.4 Å². The fraction of sp³-hybridized carbons (Fsp3) is 0.471. The zero-order valence-electron chi connectivity index (χ0n) is 13.3. The monoisotopic (exact) mass is 315 g/mol. The molecule has 1 saturated carbocycles. The van der Waals surface area contributed by atoms with E-state index in [0.717, 1.165) is 29.7 Å². The maximum absolute atomic E-state index is 12.2. The number of carbonyl (C=O) groups excluding carboxylic acids is 2. The first-order chi connectivity index (χ1) is 11.0. The van der Waals surface area contributed by atoms with E-state index in [-0.39, 0.29) is 17.9 Å². The number of carbonyl (C=O) groups is 2. The molecule has 122 valence electrons. The molecule has 6 heteroatoms. The molecule has 0 bridgehead atoms. The van der Waals surface area contributed by atoms with Gasteiger partial charge >= 0.3 is 0 Å². The highest BCUT2D eigenvalue weighted by Gasteiger charge is 2.32. The van der Waals surface area contributed by atoms with Crippen LogP contribution in [0.1, 0.15) is 37.3 Å². The average molecular weight is 315 g/mol. The molecule has 23 heavy (non-hydrogen) atoms. The van der Waals surface area contributed by atoms with Gasteiger partial charge in [0.15, 0.2) is 0 Å². The van der Waals surface area contributed by atoms with Crippen LogP contribution >= 0.6 is 0 Å². The number of hydrogen-bond acceptors (Lipinski definition) is 4. The smallest absolute Gasteiger partial charge is 0.264 e. The Bertz CT molecular complexity index is 635. The highest BCUT2D eigenvalue weighted by Crippen LogP contribution is 2.19. The second-order valence-electron chi connectivity index (χ2n) is 6.22. The SMILES string of the molecule is Cc1ccc(C2=NO[C@@H](C(=O)N[C@H](C)C(=O)NC3CC3)C2)cc1. The summed E-state index contributed by atoms with van der Waals surface area (Å²) in [6.07, 6.45) is 1.77. The number of oxime groups is 1. The van der Waals surface area contributed by atoms with Gasteiger partial charge in [0.25, 0.3) is 5.91 Å². The van der Waals surface area contributed by atoms with E-state index in [1.807, 2.05) is 31.2 Å². The summed E-state index contributed by atoms with van der Waals surface area (Å²) in [4.78, 5) is 29.3. The van der Waals surface area contributed by atoms with E-state index in [1.165, 1.54) is 0 Å². The normalized spacial score (nSPS) is 21.1. The Kier molecular flexibility index (Phi) is 4.32. The first-order valence-electron chi connectivity index (χ1n) is 7.93. The number of aryl methyl sites for hydroxylation is 1. The van der Waals surface area contributed by atoms with Gasteiger partial charge in [-0.05, 0) is 32.3 Å². The van der Waals surface area contributed by atoms with Crippen LogP contribution in [0.15, 0.2) is 29.4 Å². The third-order valence-electron chi connectivity index (χ3n) is 4.02. The lowest BCUT2D eigenvalue weighted by atomic mass is 10.0. The van der Waals surface area contributed by atoms with Gasteiger partial charge in [-0.15, -0.1) is 0 Å². The van der Waals surface area contributed by atoms with Crippen LogP contribution in [0.25, 0.3) is 0 Å². The van der Waals surface area contributed by atoms with Crippen molar-refractivity contribution >= 4 is 17.5 Å². The van der Waals surface area contributed by atoms with Crippen molar-refractivity contribution in [3.63, 3.8) is 0 Å². The van der Waals surface area contributed by atoms with Crippen LogP contribution in [0.2, 0.25) is 0 Å². The molecule has 1 aliphatic heterocycles. The zero-order valence-corrected chi connectivity index (χ0v) is 13.3. The summed E-state index contributed by atoms with van der Waals surface area (Å²) < 4.78 is 0. The number of amides is 2. The molecule has 1 aromatic rings. The van der Waals surface area contributed by atoms with E-state index in [1.54, 1.807) is 6.92 Å². The van der Waals surface area contributed by atoms with E-state index < -0.39 is 12.1 Å². The van der Waals surface area contributed by atoms with Crippen LogP contribution in [-0.4, -0.2) is 35.7 Å². The van der Waals surface area contributed by atoms with Crippen molar-refractivity contribution in [2.45, 2.75) is 51.3 Å². The topological polar surface area (TPSA) is 79.8 Å². The van der Waals surface area contributed by atoms with Crippen LogP contribution in [0.4, 0.5) is 0 Å². The van der Waals surface area contributed by atoms with Gasteiger partial charge in [-0.25, -0.2) is 0 Å². The van der Waals surface area contributed by atoms with Crippen LogP contribution in [-0.2, 0) is 14.4 Å². The van der Waals surface area contributed by atoms with Crippen molar-refractivity contribution in [1.29, 1.82) is 0 Å². The van der Waals surface area contributed by atoms with Gasteiger partial charge in [-0.1, -0.05) is 35.0 Å². The molecule has 2 aliphatic rings. The molecule has 1 fully saturated rings. The third-order valence-corrected chi connectivity index (χ3v) is 4.02. The summed E-state index contributed by atoms with van der Waals surface area (Å²) in [6.45, 7) is 3.69. The van der Waals surface area contributed by atoms with Crippen molar-refractivity contribution in [2.75, 3.05) is 0 Å². The highest BCUT2D eigenvalue weighted by atomic mass is 16.6. The van der Waals surface area contributed by atoms with Gasteiger partial charge in [-0.2, -0.15) is 0 Å². The largest absolute Gasteiger partial charge is 0.382 e. The lowest BCUT2D eigenvalue weighted by Crippen LogP contribution is -2.48. The summed E-state index contributed by atoms with van der Waals surface area (Å²) in [7, 11) is 0.